The van der Waals surface area contributed by atoms with E-state index in [1.165, 1.54) is 18.4 Å². The molecule has 1 N–H and O–H groups in total. The van der Waals surface area contributed by atoms with E-state index in [2.05, 4.69) is 5.32 Å². The molecule has 0 aliphatic heterocycles. The van der Waals surface area contributed by atoms with Crippen molar-refractivity contribution in [1.82, 2.24) is 0 Å². The van der Waals surface area contributed by atoms with Gasteiger partial charge >= 0.3 is 12.1 Å². The van der Waals surface area contributed by atoms with E-state index < -0.39 is 30.2 Å². The van der Waals surface area contributed by atoms with Crippen LogP contribution in [0.3, 0.4) is 0 Å². The highest BCUT2D eigenvalue weighted by molar-refractivity contribution is 7.14. The number of carbonyl (C=O) groups excluding carboxylic acids is 2. The second-order valence-electron chi connectivity index (χ2n) is 6.59. The zero-order valence-electron chi connectivity index (χ0n) is 16.1. The summed E-state index contributed by atoms with van der Waals surface area (Å²) < 4.78 is 54.3. The normalized spacial score (nSPS) is 13.1. The van der Waals surface area contributed by atoms with E-state index in [1.54, 1.807) is 6.07 Å². The molecule has 0 spiro atoms. The number of methoxy groups -OCH3 is 1. The number of carbonyl (C=O) groups is 2. The smallest absolute Gasteiger partial charge is 0.416 e. The fourth-order valence-electron chi connectivity index (χ4n) is 2.98. The number of anilines is 1. The van der Waals surface area contributed by atoms with Gasteiger partial charge in [0.1, 0.15) is 17.2 Å². The van der Waals surface area contributed by atoms with E-state index in [4.69, 9.17) is 14.2 Å². The summed E-state index contributed by atoms with van der Waals surface area (Å²) in [5, 5.41) is 2.32. The molecule has 3 rings (SSSR count). The molecular weight excluding hydrogens is 423 g/mol. The van der Waals surface area contributed by atoms with Crippen LogP contribution in [0.25, 0.3) is 0 Å². The van der Waals surface area contributed by atoms with Gasteiger partial charge < -0.3 is 19.5 Å². The van der Waals surface area contributed by atoms with Crippen molar-refractivity contribution >= 4 is 28.9 Å². The van der Waals surface area contributed by atoms with E-state index in [9.17, 15) is 22.8 Å². The summed E-state index contributed by atoms with van der Waals surface area (Å²) in [5.41, 5.74) is 0.0114. The molecule has 0 bridgehead atoms. The first-order chi connectivity index (χ1) is 14.3. The van der Waals surface area contributed by atoms with Crippen molar-refractivity contribution in [3.05, 3.63) is 45.1 Å². The number of esters is 1. The summed E-state index contributed by atoms with van der Waals surface area (Å²) in [4.78, 5) is 25.9. The maximum atomic E-state index is 13.0. The molecule has 0 fully saturated rings. The topological polar surface area (TPSA) is 73.9 Å². The van der Waals surface area contributed by atoms with E-state index in [1.807, 2.05) is 0 Å². The van der Waals surface area contributed by atoms with Gasteiger partial charge in [0, 0.05) is 12.0 Å². The minimum absolute atomic E-state index is 0.0504. The number of thiophene rings is 1. The van der Waals surface area contributed by atoms with Crippen LogP contribution in [-0.4, -0.2) is 38.8 Å². The summed E-state index contributed by atoms with van der Waals surface area (Å²) in [7, 11) is 1.45. The lowest BCUT2D eigenvalue weighted by atomic mass is 10.1. The predicted octanol–water partition coefficient (Wildman–Crippen LogP) is 4.08. The molecule has 162 valence electrons. The summed E-state index contributed by atoms with van der Waals surface area (Å²) in [6.07, 6.45) is -1.68. The number of nitrogens with one attached hydrogen (secondary N) is 1. The molecule has 0 saturated heterocycles. The lowest BCUT2D eigenvalue weighted by molar-refractivity contribution is -0.137. The Labute approximate surface area is 174 Å². The molecule has 1 aromatic heterocycles. The minimum atomic E-state index is -4.59. The van der Waals surface area contributed by atoms with Gasteiger partial charge in [0.05, 0.1) is 17.9 Å². The molecule has 2 aromatic rings. The Morgan fingerprint density at radius 3 is 2.67 bits per heavy atom. The monoisotopic (exact) mass is 443 g/mol. The number of benzene rings is 1. The van der Waals surface area contributed by atoms with Crippen molar-refractivity contribution in [1.29, 1.82) is 0 Å². The molecule has 1 aromatic carbocycles. The van der Waals surface area contributed by atoms with Crippen LogP contribution < -0.4 is 10.1 Å². The summed E-state index contributed by atoms with van der Waals surface area (Å²) in [5.74, 6) is -1.36. The largest absolute Gasteiger partial charge is 0.489 e. The first kappa shape index (κ1) is 22.1. The SMILES string of the molecule is COCCOc1ccc(C(F)(F)F)cc1NC(=O)COC(=O)c1cc2c(s1)CCC2. The Kier molecular flexibility index (Phi) is 6.99. The second kappa shape index (κ2) is 9.48. The molecule has 0 saturated carbocycles. The Hall–Kier alpha value is -2.59. The van der Waals surface area contributed by atoms with Crippen LogP contribution in [0.4, 0.5) is 18.9 Å². The van der Waals surface area contributed by atoms with Gasteiger partial charge in [-0.25, -0.2) is 4.79 Å². The number of hydrogen-bond acceptors (Lipinski definition) is 6. The number of alkyl halides is 3. The third kappa shape index (κ3) is 5.51. The highest BCUT2D eigenvalue weighted by Gasteiger charge is 2.31. The third-order valence-corrected chi connectivity index (χ3v) is 5.63. The van der Waals surface area contributed by atoms with Crippen LogP contribution in [0.5, 0.6) is 5.75 Å². The van der Waals surface area contributed by atoms with Gasteiger partial charge in [-0.2, -0.15) is 13.2 Å². The summed E-state index contributed by atoms with van der Waals surface area (Å²) in [6, 6.07) is 4.51. The van der Waals surface area contributed by atoms with Crippen LogP contribution >= 0.6 is 11.3 Å². The van der Waals surface area contributed by atoms with Crippen molar-refractivity contribution in [2.24, 2.45) is 0 Å². The average Bonchev–Trinajstić information content (AvgIpc) is 3.29. The number of halogens is 3. The zero-order chi connectivity index (χ0) is 21.7. The van der Waals surface area contributed by atoms with E-state index in [0.29, 0.717) is 4.88 Å². The molecule has 0 unspecified atom stereocenters. The van der Waals surface area contributed by atoms with Gasteiger partial charge in [-0.3, -0.25) is 4.79 Å². The number of hydrogen-bond donors (Lipinski definition) is 1. The standard InChI is InChI=1S/C20H20F3NO5S/c1-27-7-8-28-15-6-5-13(20(21,22)23)10-14(15)24-18(25)11-29-19(26)17-9-12-3-2-4-16(12)30-17/h5-6,9-10H,2-4,7-8,11H2,1H3,(H,24,25). The van der Waals surface area contributed by atoms with Crippen molar-refractivity contribution in [2.75, 3.05) is 32.2 Å². The molecule has 1 aliphatic rings. The third-order valence-electron chi connectivity index (χ3n) is 4.41. The fourth-order valence-corrected chi connectivity index (χ4v) is 4.13. The molecule has 6 nitrogen and oxygen atoms in total. The number of fused-ring (bicyclic) bond motifs is 1. The molecular formula is C20H20F3NO5S. The Balaban J connectivity index is 1.63. The highest BCUT2D eigenvalue weighted by atomic mass is 32.1. The predicted molar refractivity (Wildman–Crippen MR) is 104 cm³/mol. The van der Waals surface area contributed by atoms with E-state index in [0.717, 1.165) is 47.9 Å². The number of rotatable bonds is 8. The van der Waals surface area contributed by atoms with Gasteiger partial charge in [0.15, 0.2) is 6.61 Å². The van der Waals surface area contributed by atoms with Crippen LogP contribution in [0.1, 0.15) is 32.1 Å². The molecule has 30 heavy (non-hydrogen) atoms. The molecule has 1 aliphatic carbocycles. The van der Waals surface area contributed by atoms with Crippen molar-refractivity contribution in [2.45, 2.75) is 25.4 Å². The molecule has 0 radical (unpaired) electrons. The lowest BCUT2D eigenvalue weighted by Gasteiger charge is -2.15. The van der Waals surface area contributed by atoms with E-state index >= 15 is 0 Å². The van der Waals surface area contributed by atoms with Gasteiger partial charge in [0.2, 0.25) is 0 Å². The van der Waals surface area contributed by atoms with Gasteiger partial charge in [-0.05, 0) is 49.1 Å². The van der Waals surface area contributed by atoms with Crippen LogP contribution in [0.15, 0.2) is 24.3 Å². The van der Waals surface area contributed by atoms with Gasteiger partial charge in [0.25, 0.3) is 5.91 Å². The van der Waals surface area contributed by atoms with Crippen LogP contribution in [-0.2, 0) is 33.3 Å². The lowest BCUT2D eigenvalue weighted by Crippen LogP contribution is -2.21. The van der Waals surface area contributed by atoms with Crippen molar-refractivity contribution in [3.8, 4) is 5.75 Å². The zero-order valence-corrected chi connectivity index (χ0v) is 17.0. The highest BCUT2D eigenvalue weighted by Crippen LogP contribution is 2.35. The first-order valence-electron chi connectivity index (χ1n) is 9.19. The second-order valence-corrected chi connectivity index (χ2v) is 7.72. The first-order valence-corrected chi connectivity index (χ1v) is 10.0. The van der Waals surface area contributed by atoms with Crippen LogP contribution in [0, 0.1) is 0 Å². The molecule has 0 atom stereocenters. The van der Waals surface area contributed by atoms with Crippen LogP contribution in [0.2, 0.25) is 0 Å². The maximum absolute atomic E-state index is 13.0. The van der Waals surface area contributed by atoms with Crippen molar-refractivity contribution < 1.29 is 37.0 Å². The summed E-state index contributed by atoms with van der Waals surface area (Å²) >= 11 is 1.34. The van der Waals surface area contributed by atoms with Gasteiger partial charge in [-0.1, -0.05) is 0 Å². The van der Waals surface area contributed by atoms with Crippen molar-refractivity contribution in [3.63, 3.8) is 0 Å². The fraction of sp³-hybridized carbons (Fsp3) is 0.400. The maximum Gasteiger partial charge on any atom is 0.416 e. The number of ether oxygens (including phenoxy) is 3. The number of aryl methyl sites for hydroxylation is 2. The summed E-state index contributed by atoms with van der Waals surface area (Å²) in [6.45, 7) is -0.325. The number of amides is 1. The quantitative estimate of drug-likeness (QED) is 0.492. The molecule has 1 heterocycles. The Bertz CT molecular complexity index is 904. The van der Waals surface area contributed by atoms with E-state index in [-0.39, 0.29) is 24.7 Å². The minimum Gasteiger partial charge on any atom is -0.489 e. The average molecular weight is 443 g/mol. The Morgan fingerprint density at radius 2 is 1.97 bits per heavy atom. The Morgan fingerprint density at radius 1 is 1.17 bits per heavy atom. The molecule has 1 amide bonds. The van der Waals surface area contributed by atoms with Gasteiger partial charge in [-0.15, -0.1) is 11.3 Å². The molecule has 10 heteroatoms.